The van der Waals surface area contributed by atoms with E-state index >= 15 is 0 Å². The third-order valence-corrected chi connectivity index (χ3v) is 7.03. The highest BCUT2D eigenvalue weighted by molar-refractivity contribution is 6.05. The van der Waals surface area contributed by atoms with Crippen molar-refractivity contribution in [1.29, 1.82) is 0 Å². The summed E-state index contributed by atoms with van der Waals surface area (Å²) in [7, 11) is 5.28. The molecule has 1 N–H and O–H groups in total. The highest BCUT2D eigenvalue weighted by Crippen LogP contribution is 2.41. The van der Waals surface area contributed by atoms with Crippen molar-refractivity contribution < 1.29 is 19.1 Å². The molecule has 2 aromatic rings. The van der Waals surface area contributed by atoms with Gasteiger partial charge in [0, 0.05) is 57.2 Å². The van der Waals surface area contributed by atoms with E-state index in [1.807, 2.05) is 65.1 Å². The van der Waals surface area contributed by atoms with E-state index < -0.39 is 5.60 Å². The van der Waals surface area contributed by atoms with Crippen LogP contribution in [0.15, 0.2) is 42.5 Å². The Kier molecular flexibility index (Phi) is 7.58. The van der Waals surface area contributed by atoms with Gasteiger partial charge in [-0.2, -0.15) is 0 Å². The van der Waals surface area contributed by atoms with Crippen molar-refractivity contribution in [2.75, 3.05) is 49.3 Å². The maximum atomic E-state index is 13.2. The minimum Gasteiger partial charge on any atom is -0.444 e. The zero-order valence-corrected chi connectivity index (χ0v) is 23.4. The van der Waals surface area contributed by atoms with Gasteiger partial charge < -0.3 is 29.7 Å². The number of carbonyl (C=O) groups excluding carboxylic acids is 3. The van der Waals surface area contributed by atoms with Gasteiger partial charge in [0.1, 0.15) is 11.6 Å². The van der Waals surface area contributed by atoms with Crippen LogP contribution in [-0.4, -0.2) is 79.6 Å². The molecule has 3 amide bonds. The Morgan fingerprint density at radius 3 is 2.29 bits per heavy atom. The van der Waals surface area contributed by atoms with Crippen LogP contribution in [-0.2, 0) is 9.53 Å². The summed E-state index contributed by atoms with van der Waals surface area (Å²) in [5, 5.41) is 3.43. The van der Waals surface area contributed by atoms with E-state index in [1.54, 1.807) is 34.9 Å². The van der Waals surface area contributed by atoms with Crippen LogP contribution in [0.4, 0.5) is 27.5 Å². The minimum absolute atomic E-state index is 0.0441. The average Bonchev–Trinajstić information content (AvgIpc) is 2.86. The fourth-order valence-corrected chi connectivity index (χ4v) is 5.14. The standard InChI is InChI=1S/C29H39N5O4/c1-19-26(35)32(7)24-12-11-22(30-21-10-8-9-20(17-21)27(36)31(5)6)18-25(24)34(19)23-13-15-33(16-14-23)28(37)38-29(2,3)4/h8-12,17-19,23,30H,13-16H2,1-7H3/t19-/m1/s1. The first-order valence-corrected chi connectivity index (χ1v) is 13.1. The molecule has 2 aromatic carbocycles. The Morgan fingerprint density at radius 2 is 1.66 bits per heavy atom. The molecule has 0 aliphatic carbocycles. The summed E-state index contributed by atoms with van der Waals surface area (Å²) in [5.41, 5.74) is 3.57. The molecule has 0 spiro atoms. The van der Waals surface area contributed by atoms with Crippen LogP contribution in [0.25, 0.3) is 0 Å². The molecular formula is C29H39N5O4. The van der Waals surface area contributed by atoms with Gasteiger partial charge in [0.25, 0.3) is 5.91 Å². The SMILES string of the molecule is C[C@@H]1C(=O)N(C)c2ccc(Nc3cccc(C(=O)N(C)C)c3)cc2N1C1CCN(C(=O)OC(C)(C)C)CC1. The first kappa shape index (κ1) is 27.3. The Balaban J connectivity index is 1.57. The van der Waals surface area contributed by atoms with Gasteiger partial charge in [0.05, 0.1) is 11.4 Å². The summed E-state index contributed by atoms with van der Waals surface area (Å²) in [6.07, 6.45) is 1.19. The van der Waals surface area contributed by atoms with Crippen molar-refractivity contribution in [3.8, 4) is 0 Å². The van der Waals surface area contributed by atoms with Crippen molar-refractivity contribution in [2.24, 2.45) is 0 Å². The number of ether oxygens (including phenoxy) is 1. The van der Waals surface area contributed by atoms with Crippen LogP contribution in [0.3, 0.4) is 0 Å². The van der Waals surface area contributed by atoms with Crippen LogP contribution in [0.2, 0.25) is 0 Å². The Hall–Kier alpha value is -3.75. The van der Waals surface area contributed by atoms with Crippen LogP contribution in [0.1, 0.15) is 50.9 Å². The number of hydrogen-bond donors (Lipinski definition) is 1. The van der Waals surface area contributed by atoms with E-state index in [0.717, 1.165) is 35.6 Å². The molecule has 1 fully saturated rings. The molecular weight excluding hydrogens is 482 g/mol. The number of nitrogens with zero attached hydrogens (tertiary/aromatic N) is 4. The Bertz CT molecular complexity index is 1210. The second-order valence-electron chi connectivity index (χ2n) is 11.3. The Labute approximate surface area is 225 Å². The number of likely N-dealkylation sites (tertiary alicyclic amines) is 1. The smallest absolute Gasteiger partial charge is 0.410 e. The lowest BCUT2D eigenvalue weighted by molar-refractivity contribution is -0.119. The van der Waals surface area contributed by atoms with E-state index in [9.17, 15) is 14.4 Å². The van der Waals surface area contributed by atoms with Gasteiger partial charge in [0.2, 0.25) is 5.91 Å². The van der Waals surface area contributed by atoms with Gasteiger partial charge in [-0.05, 0) is 76.9 Å². The van der Waals surface area contributed by atoms with Gasteiger partial charge in [-0.15, -0.1) is 0 Å². The topological polar surface area (TPSA) is 85.4 Å². The van der Waals surface area contributed by atoms with Crippen molar-refractivity contribution in [2.45, 2.75) is 58.2 Å². The second-order valence-corrected chi connectivity index (χ2v) is 11.3. The van der Waals surface area contributed by atoms with Gasteiger partial charge in [-0.25, -0.2) is 4.79 Å². The lowest BCUT2D eigenvalue weighted by Gasteiger charge is -2.47. The monoisotopic (exact) mass is 521 g/mol. The van der Waals surface area contributed by atoms with Crippen molar-refractivity contribution >= 4 is 40.7 Å². The molecule has 1 atom stereocenters. The van der Waals surface area contributed by atoms with Gasteiger partial charge >= 0.3 is 6.09 Å². The van der Waals surface area contributed by atoms with Crippen LogP contribution in [0, 0.1) is 0 Å². The van der Waals surface area contributed by atoms with Gasteiger partial charge in [0.15, 0.2) is 0 Å². The molecule has 2 aliphatic heterocycles. The number of rotatable bonds is 4. The maximum absolute atomic E-state index is 13.2. The number of carbonyl (C=O) groups is 3. The third-order valence-electron chi connectivity index (χ3n) is 7.03. The van der Waals surface area contributed by atoms with Crippen LogP contribution in [0.5, 0.6) is 0 Å². The predicted octanol–water partition coefficient (Wildman–Crippen LogP) is 4.70. The molecule has 2 heterocycles. The van der Waals surface area contributed by atoms with E-state index in [0.29, 0.717) is 18.7 Å². The molecule has 0 aromatic heterocycles. The summed E-state index contributed by atoms with van der Waals surface area (Å²) < 4.78 is 5.56. The molecule has 0 radical (unpaired) electrons. The number of nitrogens with one attached hydrogen (secondary N) is 1. The molecule has 38 heavy (non-hydrogen) atoms. The Morgan fingerprint density at radius 1 is 1.00 bits per heavy atom. The molecule has 4 rings (SSSR count). The molecule has 0 unspecified atom stereocenters. The van der Waals surface area contributed by atoms with Crippen molar-refractivity contribution in [1.82, 2.24) is 9.80 Å². The normalized spacial score (nSPS) is 18.2. The fourth-order valence-electron chi connectivity index (χ4n) is 5.14. The van der Waals surface area contributed by atoms with E-state index in [2.05, 4.69) is 16.3 Å². The van der Waals surface area contributed by atoms with Crippen molar-refractivity contribution in [3.05, 3.63) is 48.0 Å². The molecule has 204 valence electrons. The highest BCUT2D eigenvalue weighted by Gasteiger charge is 2.39. The average molecular weight is 522 g/mol. The molecule has 0 saturated carbocycles. The third kappa shape index (κ3) is 5.71. The number of fused-ring (bicyclic) bond motifs is 1. The summed E-state index contributed by atoms with van der Waals surface area (Å²) >= 11 is 0. The maximum Gasteiger partial charge on any atom is 0.410 e. The van der Waals surface area contributed by atoms with E-state index in [1.165, 1.54) is 0 Å². The number of benzene rings is 2. The molecule has 1 saturated heterocycles. The number of hydrogen-bond acceptors (Lipinski definition) is 6. The van der Waals surface area contributed by atoms with E-state index in [4.69, 9.17) is 4.74 Å². The first-order chi connectivity index (χ1) is 17.9. The van der Waals surface area contributed by atoms with Crippen molar-refractivity contribution in [3.63, 3.8) is 0 Å². The largest absolute Gasteiger partial charge is 0.444 e. The van der Waals surface area contributed by atoms with Crippen LogP contribution < -0.4 is 15.1 Å². The number of piperidine rings is 1. The number of anilines is 4. The molecule has 9 nitrogen and oxygen atoms in total. The summed E-state index contributed by atoms with van der Waals surface area (Å²) in [5.74, 6) is -0.0142. The summed E-state index contributed by atoms with van der Waals surface area (Å²) in [6, 6.07) is 13.2. The van der Waals surface area contributed by atoms with Gasteiger partial charge in [-0.1, -0.05) is 6.07 Å². The number of amides is 3. The zero-order valence-electron chi connectivity index (χ0n) is 23.4. The van der Waals surface area contributed by atoms with Gasteiger partial charge in [-0.3, -0.25) is 9.59 Å². The highest BCUT2D eigenvalue weighted by atomic mass is 16.6. The quantitative estimate of drug-likeness (QED) is 0.628. The number of likely N-dealkylation sites (N-methyl/N-ethyl adjacent to an activating group) is 1. The fraction of sp³-hybridized carbons (Fsp3) is 0.483. The lowest BCUT2D eigenvalue weighted by Crippen LogP contribution is -2.57. The summed E-state index contributed by atoms with van der Waals surface area (Å²) in [6.45, 7) is 8.70. The first-order valence-electron chi connectivity index (χ1n) is 13.1. The molecule has 2 aliphatic rings. The van der Waals surface area contributed by atoms with Crippen LogP contribution >= 0.6 is 0 Å². The second kappa shape index (κ2) is 10.6. The summed E-state index contributed by atoms with van der Waals surface area (Å²) in [4.78, 5) is 45.4. The van der Waals surface area contributed by atoms with E-state index in [-0.39, 0.29) is 30.0 Å². The molecule has 0 bridgehead atoms. The molecule has 9 heteroatoms. The predicted molar refractivity (Wildman–Crippen MR) is 150 cm³/mol. The minimum atomic E-state index is -0.534. The zero-order chi connectivity index (χ0) is 27.8. The lowest BCUT2D eigenvalue weighted by atomic mass is 9.97.